The van der Waals surface area contributed by atoms with Gasteiger partial charge in [0.05, 0.1) is 11.1 Å². The Kier molecular flexibility index (Phi) is 3.17. The first-order valence-corrected chi connectivity index (χ1v) is 6.54. The molecule has 1 fully saturated rings. The zero-order valence-corrected chi connectivity index (χ0v) is 10.9. The standard InChI is InChI=1S/C15H14N2O3/c1-2-12-11-9-10(15(18)19)6-7-13(11)17(16-12)14-5-3-4-8-20-14/h1,6-7,9,14H,3-5,8H2,(H,18,19). The van der Waals surface area contributed by atoms with Crippen molar-refractivity contribution in [3.05, 3.63) is 29.5 Å². The number of nitrogens with zero attached hydrogens (tertiary/aromatic N) is 2. The van der Waals surface area contributed by atoms with Crippen LogP contribution in [0.5, 0.6) is 0 Å². The van der Waals surface area contributed by atoms with Crippen LogP contribution in [0.1, 0.15) is 41.5 Å². The smallest absolute Gasteiger partial charge is 0.335 e. The van der Waals surface area contributed by atoms with Crippen LogP contribution in [0, 0.1) is 12.3 Å². The Bertz CT molecular complexity index is 706. The lowest BCUT2D eigenvalue weighted by Crippen LogP contribution is -2.19. The number of fused-ring (bicyclic) bond motifs is 1. The van der Waals surface area contributed by atoms with Gasteiger partial charge in [-0.05, 0) is 43.4 Å². The maximum Gasteiger partial charge on any atom is 0.335 e. The molecule has 102 valence electrons. The van der Waals surface area contributed by atoms with Crippen LogP contribution in [0.25, 0.3) is 10.9 Å². The molecule has 1 aliphatic heterocycles. The second-order valence-corrected chi connectivity index (χ2v) is 4.80. The lowest BCUT2D eigenvalue weighted by Gasteiger charge is -2.23. The Morgan fingerprint density at radius 2 is 2.35 bits per heavy atom. The highest BCUT2D eigenvalue weighted by atomic mass is 16.5. The first-order valence-electron chi connectivity index (χ1n) is 6.54. The van der Waals surface area contributed by atoms with Crippen LogP contribution in [0.4, 0.5) is 0 Å². The molecule has 5 nitrogen and oxygen atoms in total. The van der Waals surface area contributed by atoms with E-state index in [2.05, 4.69) is 11.0 Å². The minimum atomic E-state index is -0.975. The molecule has 0 radical (unpaired) electrons. The van der Waals surface area contributed by atoms with E-state index < -0.39 is 5.97 Å². The van der Waals surface area contributed by atoms with E-state index in [1.54, 1.807) is 22.9 Å². The zero-order valence-electron chi connectivity index (χ0n) is 10.9. The molecule has 0 spiro atoms. The highest BCUT2D eigenvalue weighted by Crippen LogP contribution is 2.28. The number of aromatic carboxylic acids is 1. The molecule has 1 atom stereocenters. The molecule has 0 bridgehead atoms. The van der Waals surface area contributed by atoms with E-state index in [0.717, 1.165) is 24.8 Å². The fourth-order valence-corrected chi connectivity index (χ4v) is 2.52. The number of hydrogen-bond donors (Lipinski definition) is 1. The van der Waals surface area contributed by atoms with E-state index in [1.807, 2.05) is 0 Å². The minimum absolute atomic E-state index is 0.121. The van der Waals surface area contributed by atoms with Crippen LogP contribution < -0.4 is 0 Å². The second-order valence-electron chi connectivity index (χ2n) is 4.80. The van der Waals surface area contributed by atoms with Crippen LogP contribution in [0.2, 0.25) is 0 Å². The number of rotatable bonds is 2. The third-order valence-electron chi connectivity index (χ3n) is 3.52. The lowest BCUT2D eigenvalue weighted by atomic mass is 10.1. The molecule has 1 aliphatic rings. The van der Waals surface area contributed by atoms with Crippen molar-refractivity contribution in [1.82, 2.24) is 9.78 Å². The molecule has 5 heteroatoms. The summed E-state index contributed by atoms with van der Waals surface area (Å²) in [5, 5.41) is 14.1. The Morgan fingerprint density at radius 1 is 1.50 bits per heavy atom. The summed E-state index contributed by atoms with van der Waals surface area (Å²) in [6.07, 6.45) is 8.38. The normalized spacial score (nSPS) is 18.9. The van der Waals surface area contributed by atoms with Crippen molar-refractivity contribution >= 4 is 16.9 Å². The van der Waals surface area contributed by atoms with Gasteiger partial charge in [0.25, 0.3) is 0 Å². The summed E-state index contributed by atoms with van der Waals surface area (Å²) < 4.78 is 7.50. The molecule has 2 aromatic rings. The van der Waals surface area contributed by atoms with Crippen LogP contribution >= 0.6 is 0 Å². The van der Waals surface area contributed by atoms with Crippen molar-refractivity contribution < 1.29 is 14.6 Å². The molecule has 1 N–H and O–H groups in total. The molecule has 3 rings (SSSR count). The Labute approximate surface area is 116 Å². The Hall–Kier alpha value is -2.32. The molecule has 0 saturated carbocycles. The van der Waals surface area contributed by atoms with E-state index in [1.165, 1.54) is 0 Å². The summed E-state index contributed by atoms with van der Waals surface area (Å²) in [7, 11) is 0. The maximum absolute atomic E-state index is 11.0. The quantitative estimate of drug-likeness (QED) is 0.851. The predicted octanol–water partition coefficient (Wildman–Crippen LogP) is 2.41. The number of benzene rings is 1. The molecule has 1 unspecified atom stereocenters. The number of carbonyl (C=O) groups is 1. The maximum atomic E-state index is 11.0. The number of carboxylic acid groups (broad SMARTS) is 1. The fourth-order valence-electron chi connectivity index (χ4n) is 2.52. The Balaban J connectivity index is 2.14. The van der Waals surface area contributed by atoms with Crippen molar-refractivity contribution in [2.24, 2.45) is 0 Å². The first kappa shape index (κ1) is 12.7. The van der Waals surface area contributed by atoms with E-state index in [-0.39, 0.29) is 11.8 Å². The van der Waals surface area contributed by atoms with Gasteiger partial charge in [0.2, 0.25) is 0 Å². The number of terminal acetylenes is 1. The molecule has 1 aromatic heterocycles. The number of aromatic nitrogens is 2. The first-order chi connectivity index (χ1) is 9.70. The van der Waals surface area contributed by atoms with Gasteiger partial charge in [0.15, 0.2) is 6.23 Å². The van der Waals surface area contributed by atoms with Gasteiger partial charge in [0, 0.05) is 12.0 Å². The van der Waals surface area contributed by atoms with Gasteiger partial charge in [0.1, 0.15) is 5.69 Å². The Morgan fingerprint density at radius 3 is 3.00 bits per heavy atom. The number of ether oxygens (including phenoxy) is 1. The average molecular weight is 270 g/mol. The van der Waals surface area contributed by atoms with Gasteiger partial charge in [-0.2, -0.15) is 5.10 Å². The van der Waals surface area contributed by atoms with Crippen LogP contribution in [0.3, 0.4) is 0 Å². The van der Waals surface area contributed by atoms with Gasteiger partial charge in [-0.15, -0.1) is 6.42 Å². The summed E-state index contributed by atoms with van der Waals surface area (Å²) in [6.45, 7) is 0.713. The fraction of sp³-hybridized carbons (Fsp3) is 0.333. The highest BCUT2D eigenvalue weighted by molar-refractivity contribution is 5.95. The van der Waals surface area contributed by atoms with Crippen molar-refractivity contribution in [1.29, 1.82) is 0 Å². The number of hydrogen-bond acceptors (Lipinski definition) is 3. The van der Waals surface area contributed by atoms with E-state index >= 15 is 0 Å². The van der Waals surface area contributed by atoms with Gasteiger partial charge >= 0.3 is 5.97 Å². The molecule has 2 heterocycles. The largest absolute Gasteiger partial charge is 0.478 e. The molecule has 20 heavy (non-hydrogen) atoms. The van der Waals surface area contributed by atoms with Crippen LogP contribution in [-0.2, 0) is 4.74 Å². The molecular weight excluding hydrogens is 256 g/mol. The summed E-state index contributed by atoms with van der Waals surface area (Å²) in [5.41, 5.74) is 1.48. The van der Waals surface area contributed by atoms with Crippen molar-refractivity contribution in [2.45, 2.75) is 25.5 Å². The van der Waals surface area contributed by atoms with E-state index in [0.29, 0.717) is 17.7 Å². The van der Waals surface area contributed by atoms with Gasteiger partial charge in [-0.1, -0.05) is 0 Å². The molecular formula is C15H14N2O3. The summed E-state index contributed by atoms with van der Waals surface area (Å²) >= 11 is 0. The van der Waals surface area contributed by atoms with Gasteiger partial charge in [-0.3, -0.25) is 0 Å². The van der Waals surface area contributed by atoms with E-state index in [4.69, 9.17) is 16.3 Å². The minimum Gasteiger partial charge on any atom is -0.478 e. The monoisotopic (exact) mass is 270 g/mol. The number of carboxylic acids is 1. The molecule has 1 aromatic carbocycles. The van der Waals surface area contributed by atoms with Crippen molar-refractivity contribution in [3.63, 3.8) is 0 Å². The van der Waals surface area contributed by atoms with Gasteiger partial charge in [-0.25, -0.2) is 9.48 Å². The zero-order chi connectivity index (χ0) is 14.1. The second kappa shape index (κ2) is 4.99. The SMILES string of the molecule is C#Cc1nn(C2CCCCO2)c2ccc(C(=O)O)cc12. The lowest BCUT2D eigenvalue weighted by molar-refractivity contribution is -0.0367. The third kappa shape index (κ3) is 2.04. The summed E-state index contributed by atoms with van der Waals surface area (Å²) in [6, 6.07) is 4.87. The average Bonchev–Trinajstić information content (AvgIpc) is 2.86. The third-order valence-corrected chi connectivity index (χ3v) is 3.52. The van der Waals surface area contributed by atoms with Crippen LogP contribution in [0.15, 0.2) is 18.2 Å². The highest BCUT2D eigenvalue weighted by Gasteiger charge is 2.21. The van der Waals surface area contributed by atoms with Crippen molar-refractivity contribution in [2.75, 3.05) is 6.61 Å². The van der Waals surface area contributed by atoms with Crippen LogP contribution in [-0.4, -0.2) is 27.5 Å². The summed E-state index contributed by atoms with van der Waals surface area (Å²) in [4.78, 5) is 11.0. The molecule has 0 amide bonds. The topological polar surface area (TPSA) is 64.4 Å². The van der Waals surface area contributed by atoms with Crippen molar-refractivity contribution in [3.8, 4) is 12.3 Å². The molecule has 0 aliphatic carbocycles. The predicted molar refractivity (Wildman–Crippen MR) is 73.5 cm³/mol. The van der Waals surface area contributed by atoms with E-state index in [9.17, 15) is 4.79 Å². The summed E-state index contributed by atoms with van der Waals surface area (Å²) in [5.74, 6) is 1.54. The molecule has 1 saturated heterocycles. The van der Waals surface area contributed by atoms with Gasteiger partial charge < -0.3 is 9.84 Å².